The average molecular weight is 170 g/mol. The Morgan fingerprint density at radius 1 is 1.25 bits per heavy atom. The van der Waals surface area contributed by atoms with Crippen molar-refractivity contribution >= 4 is 0 Å². The topological polar surface area (TPSA) is 38.0 Å². The second kappa shape index (κ2) is 4.83. The van der Waals surface area contributed by atoms with E-state index in [9.17, 15) is 0 Å². The van der Waals surface area contributed by atoms with Gasteiger partial charge in [-0.3, -0.25) is 0 Å². The van der Waals surface area contributed by atoms with Gasteiger partial charge in [0.15, 0.2) is 0 Å². The summed E-state index contributed by atoms with van der Waals surface area (Å²) in [4.78, 5) is 0. The molecule has 1 aliphatic carbocycles. The van der Waals surface area contributed by atoms with E-state index in [2.05, 4.69) is 19.2 Å². The molecule has 0 aromatic carbocycles. The Balaban J connectivity index is 2.09. The van der Waals surface area contributed by atoms with Crippen LogP contribution in [0.5, 0.6) is 0 Å². The second-order valence-corrected chi connectivity index (χ2v) is 4.34. The third-order valence-corrected chi connectivity index (χ3v) is 2.71. The molecule has 0 saturated heterocycles. The number of nitrogens with two attached hydrogens (primary N) is 1. The minimum absolute atomic E-state index is 0.486. The minimum atomic E-state index is 0.486. The lowest BCUT2D eigenvalue weighted by Crippen LogP contribution is -2.34. The molecule has 3 N–H and O–H groups in total. The molecule has 2 heteroatoms. The van der Waals surface area contributed by atoms with Crippen molar-refractivity contribution in [3.63, 3.8) is 0 Å². The lowest BCUT2D eigenvalue weighted by atomic mass is 9.86. The van der Waals surface area contributed by atoms with Crippen molar-refractivity contribution in [3.8, 4) is 0 Å². The zero-order chi connectivity index (χ0) is 8.97. The quantitative estimate of drug-likeness (QED) is 0.673. The van der Waals surface area contributed by atoms with E-state index in [4.69, 9.17) is 5.73 Å². The van der Waals surface area contributed by atoms with Crippen LogP contribution >= 0.6 is 0 Å². The number of hydrogen-bond acceptors (Lipinski definition) is 2. The van der Waals surface area contributed by atoms with Crippen LogP contribution in [0.3, 0.4) is 0 Å². The van der Waals surface area contributed by atoms with E-state index >= 15 is 0 Å². The molecule has 0 aromatic heterocycles. The first kappa shape index (κ1) is 10.0. The van der Waals surface area contributed by atoms with E-state index in [1.807, 2.05) is 0 Å². The van der Waals surface area contributed by atoms with Gasteiger partial charge in [0.2, 0.25) is 0 Å². The van der Waals surface area contributed by atoms with Crippen LogP contribution in [0, 0.1) is 5.92 Å². The van der Waals surface area contributed by atoms with Crippen LogP contribution in [0.15, 0.2) is 0 Å². The van der Waals surface area contributed by atoms with Gasteiger partial charge in [-0.2, -0.15) is 0 Å². The molecule has 0 atom stereocenters. The summed E-state index contributed by atoms with van der Waals surface area (Å²) < 4.78 is 0. The Hall–Kier alpha value is -0.0800. The fourth-order valence-electron chi connectivity index (χ4n) is 1.79. The smallest absolute Gasteiger partial charge is 0.00390 e. The van der Waals surface area contributed by atoms with Crippen molar-refractivity contribution in [3.05, 3.63) is 0 Å². The van der Waals surface area contributed by atoms with Crippen molar-refractivity contribution in [1.29, 1.82) is 0 Å². The summed E-state index contributed by atoms with van der Waals surface area (Å²) in [5.74, 6) is 0.882. The van der Waals surface area contributed by atoms with E-state index in [-0.39, 0.29) is 0 Å². The van der Waals surface area contributed by atoms with E-state index in [0.717, 1.165) is 5.92 Å². The summed E-state index contributed by atoms with van der Waals surface area (Å²) >= 11 is 0. The SMILES string of the molecule is CC(C)NCC1CCC(N)CC1. The van der Waals surface area contributed by atoms with E-state index < -0.39 is 0 Å². The molecule has 72 valence electrons. The predicted octanol–water partition coefficient (Wildman–Crippen LogP) is 1.50. The maximum atomic E-state index is 5.83. The van der Waals surface area contributed by atoms with Crippen LogP contribution in [0.4, 0.5) is 0 Å². The first-order chi connectivity index (χ1) is 5.68. The molecular formula is C10H22N2. The summed E-state index contributed by atoms with van der Waals surface area (Å²) in [6, 6.07) is 1.11. The van der Waals surface area contributed by atoms with Crippen molar-refractivity contribution in [2.24, 2.45) is 11.7 Å². The van der Waals surface area contributed by atoms with Gasteiger partial charge >= 0.3 is 0 Å². The molecule has 1 aliphatic rings. The summed E-state index contributed by atoms with van der Waals surface area (Å²) in [5.41, 5.74) is 5.83. The first-order valence-electron chi connectivity index (χ1n) is 5.17. The molecule has 1 fully saturated rings. The van der Waals surface area contributed by atoms with Crippen LogP contribution in [-0.2, 0) is 0 Å². The second-order valence-electron chi connectivity index (χ2n) is 4.34. The fraction of sp³-hybridized carbons (Fsp3) is 1.00. The lowest BCUT2D eigenvalue weighted by Gasteiger charge is -2.26. The van der Waals surface area contributed by atoms with E-state index in [1.54, 1.807) is 0 Å². The molecule has 0 radical (unpaired) electrons. The molecule has 0 bridgehead atoms. The molecule has 1 rings (SSSR count). The van der Waals surface area contributed by atoms with E-state index in [0.29, 0.717) is 12.1 Å². The Morgan fingerprint density at radius 2 is 1.83 bits per heavy atom. The zero-order valence-corrected chi connectivity index (χ0v) is 8.34. The molecule has 0 heterocycles. The van der Waals surface area contributed by atoms with Crippen LogP contribution in [-0.4, -0.2) is 18.6 Å². The van der Waals surface area contributed by atoms with Crippen LogP contribution in [0.1, 0.15) is 39.5 Å². The van der Waals surface area contributed by atoms with Crippen LogP contribution in [0.2, 0.25) is 0 Å². The average Bonchev–Trinajstić information content (AvgIpc) is 2.03. The molecule has 1 saturated carbocycles. The molecule has 0 aliphatic heterocycles. The van der Waals surface area contributed by atoms with Gasteiger partial charge in [0.1, 0.15) is 0 Å². The summed E-state index contributed by atoms with van der Waals surface area (Å²) in [7, 11) is 0. The number of rotatable bonds is 3. The molecule has 0 amide bonds. The minimum Gasteiger partial charge on any atom is -0.328 e. The van der Waals surface area contributed by atoms with Gasteiger partial charge < -0.3 is 11.1 Å². The van der Waals surface area contributed by atoms with Gasteiger partial charge in [0, 0.05) is 12.1 Å². The molecule has 0 unspecified atom stereocenters. The van der Waals surface area contributed by atoms with Gasteiger partial charge in [0.05, 0.1) is 0 Å². The largest absolute Gasteiger partial charge is 0.328 e. The van der Waals surface area contributed by atoms with Gasteiger partial charge in [-0.15, -0.1) is 0 Å². The highest BCUT2D eigenvalue weighted by Crippen LogP contribution is 2.22. The van der Waals surface area contributed by atoms with E-state index in [1.165, 1.54) is 32.2 Å². The fourth-order valence-corrected chi connectivity index (χ4v) is 1.79. The van der Waals surface area contributed by atoms with Crippen molar-refractivity contribution < 1.29 is 0 Å². The van der Waals surface area contributed by atoms with Crippen molar-refractivity contribution in [2.75, 3.05) is 6.54 Å². The maximum Gasteiger partial charge on any atom is 0.00390 e. The van der Waals surface area contributed by atoms with Gasteiger partial charge in [-0.25, -0.2) is 0 Å². The third kappa shape index (κ3) is 3.55. The summed E-state index contributed by atoms with van der Waals surface area (Å²) in [6.45, 7) is 5.59. The number of hydrogen-bond donors (Lipinski definition) is 2. The first-order valence-corrected chi connectivity index (χ1v) is 5.17. The van der Waals surface area contributed by atoms with Crippen LogP contribution < -0.4 is 11.1 Å². The molecule has 2 nitrogen and oxygen atoms in total. The normalized spacial score (nSPS) is 31.0. The molecular weight excluding hydrogens is 148 g/mol. The lowest BCUT2D eigenvalue weighted by molar-refractivity contribution is 0.308. The zero-order valence-electron chi connectivity index (χ0n) is 8.34. The third-order valence-electron chi connectivity index (χ3n) is 2.71. The molecule has 12 heavy (non-hydrogen) atoms. The Kier molecular flexibility index (Phi) is 4.02. The van der Waals surface area contributed by atoms with Gasteiger partial charge in [-0.05, 0) is 38.1 Å². The van der Waals surface area contributed by atoms with Crippen LogP contribution in [0.25, 0.3) is 0 Å². The highest BCUT2D eigenvalue weighted by atomic mass is 14.9. The van der Waals surface area contributed by atoms with Crippen molar-refractivity contribution in [1.82, 2.24) is 5.32 Å². The van der Waals surface area contributed by atoms with Gasteiger partial charge in [0.25, 0.3) is 0 Å². The summed E-state index contributed by atoms with van der Waals surface area (Å²) in [6.07, 6.45) is 5.09. The number of nitrogens with one attached hydrogen (secondary N) is 1. The Morgan fingerprint density at radius 3 is 2.33 bits per heavy atom. The summed E-state index contributed by atoms with van der Waals surface area (Å²) in [5, 5.41) is 3.49. The molecule has 0 aromatic rings. The maximum absolute atomic E-state index is 5.83. The Labute approximate surface area is 75.9 Å². The monoisotopic (exact) mass is 170 g/mol. The van der Waals surface area contributed by atoms with Gasteiger partial charge in [-0.1, -0.05) is 13.8 Å². The highest BCUT2D eigenvalue weighted by molar-refractivity contribution is 4.75. The highest BCUT2D eigenvalue weighted by Gasteiger charge is 2.17. The predicted molar refractivity (Wildman–Crippen MR) is 53.1 cm³/mol. The molecule has 0 spiro atoms. The Bertz CT molecular complexity index is 115. The standard InChI is InChI=1S/C10H22N2/c1-8(2)12-7-9-3-5-10(11)6-4-9/h8-10,12H,3-7,11H2,1-2H3. The van der Waals surface area contributed by atoms with Crippen molar-refractivity contribution in [2.45, 2.75) is 51.6 Å².